The van der Waals surface area contributed by atoms with Crippen molar-refractivity contribution in [2.75, 3.05) is 20.5 Å². The van der Waals surface area contributed by atoms with Crippen LogP contribution in [0.5, 0.6) is 0 Å². The van der Waals surface area contributed by atoms with E-state index in [0.29, 0.717) is 11.9 Å². The second kappa shape index (κ2) is 6.26. The van der Waals surface area contributed by atoms with Gasteiger partial charge in [-0.15, -0.1) is 0 Å². The van der Waals surface area contributed by atoms with Gasteiger partial charge in [-0.3, -0.25) is 0 Å². The number of hydrogen-bond donors (Lipinski definition) is 0. The molecule has 2 aromatic rings. The lowest BCUT2D eigenvalue weighted by Crippen LogP contribution is -2.25. The van der Waals surface area contributed by atoms with E-state index < -0.39 is 16.3 Å². The van der Waals surface area contributed by atoms with Crippen LogP contribution in [0.25, 0.3) is 10.9 Å². The summed E-state index contributed by atoms with van der Waals surface area (Å²) < 4.78 is 37.0. The molecule has 0 aliphatic rings. The fourth-order valence-electron chi connectivity index (χ4n) is 3.01. The number of fused-ring (bicyclic) bond motifs is 1. The SMILES string of the molecule is COC(Cc1c(C(C)(C)C)n(S(C)(=O)=O)c2ccccc12)OC. The summed E-state index contributed by atoms with van der Waals surface area (Å²) in [4.78, 5) is 0. The largest absolute Gasteiger partial charge is 0.356 e. The minimum absolute atomic E-state index is 0.344. The minimum Gasteiger partial charge on any atom is -0.356 e. The maximum absolute atomic E-state index is 12.5. The molecule has 0 fully saturated rings. The second-order valence-electron chi connectivity index (χ2n) is 6.73. The van der Waals surface area contributed by atoms with Gasteiger partial charge in [0.1, 0.15) is 0 Å². The average molecular weight is 339 g/mol. The monoisotopic (exact) mass is 339 g/mol. The number of nitrogens with zero attached hydrogens (tertiary/aromatic N) is 1. The van der Waals surface area contributed by atoms with Gasteiger partial charge in [0.05, 0.1) is 11.8 Å². The third kappa shape index (κ3) is 3.44. The van der Waals surface area contributed by atoms with E-state index in [9.17, 15) is 8.42 Å². The zero-order valence-corrected chi connectivity index (χ0v) is 15.4. The predicted octanol–water partition coefficient (Wildman–Crippen LogP) is 2.91. The normalized spacial score (nSPS) is 13.2. The van der Waals surface area contributed by atoms with Gasteiger partial charge in [-0.1, -0.05) is 39.0 Å². The molecule has 6 heteroatoms. The lowest BCUT2D eigenvalue weighted by Gasteiger charge is -2.24. The molecule has 23 heavy (non-hydrogen) atoms. The number of ether oxygens (including phenoxy) is 2. The number of methoxy groups -OCH3 is 2. The molecular weight excluding hydrogens is 314 g/mol. The molecule has 1 heterocycles. The first kappa shape index (κ1) is 18.0. The van der Waals surface area contributed by atoms with Crippen molar-refractivity contribution in [1.82, 2.24) is 3.97 Å². The molecule has 2 rings (SSSR count). The first-order valence-electron chi connectivity index (χ1n) is 7.50. The van der Waals surface area contributed by atoms with E-state index in [1.54, 1.807) is 14.2 Å². The molecule has 0 aliphatic carbocycles. The Balaban J connectivity index is 2.89. The zero-order valence-electron chi connectivity index (χ0n) is 14.6. The van der Waals surface area contributed by atoms with Crippen molar-refractivity contribution in [2.24, 2.45) is 0 Å². The number of aromatic nitrogens is 1. The summed E-state index contributed by atoms with van der Waals surface area (Å²) in [6, 6.07) is 7.55. The average Bonchev–Trinajstić information content (AvgIpc) is 2.79. The summed E-state index contributed by atoms with van der Waals surface area (Å²) >= 11 is 0. The highest BCUT2D eigenvalue weighted by Crippen LogP contribution is 2.36. The Morgan fingerprint density at radius 2 is 1.70 bits per heavy atom. The molecule has 0 amide bonds. The van der Waals surface area contributed by atoms with Crippen molar-refractivity contribution < 1.29 is 17.9 Å². The van der Waals surface area contributed by atoms with Crippen molar-refractivity contribution in [1.29, 1.82) is 0 Å². The van der Waals surface area contributed by atoms with Gasteiger partial charge >= 0.3 is 0 Å². The Morgan fingerprint density at radius 1 is 1.13 bits per heavy atom. The Morgan fingerprint density at radius 3 is 2.17 bits per heavy atom. The predicted molar refractivity (Wildman–Crippen MR) is 92.4 cm³/mol. The molecule has 0 atom stereocenters. The molecule has 1 aromatic heterocycles. The standard InChI is InChI=1S/C17H25NO4S/c1-17(2,3)16-13(11-15(21-4)22-5)12-9-7-8-10-14(12)18(16)23(6,19)20/h7-10,15H,11H2,1-6H3. The third-order valence-corrected chi connectivity index (χ3v) is 4.92. The van der Waals surface area contributed by atoms with Gasteiger partial charge in [-0.2, -0.15) is 0 Å². The van der Waals surface area contributed by atoms with Crippen LogP contribution in [-0.2, 0) is 31.3 Å². The molecule has 5 nitrogen and oxygen atoms in total. The van der Waals surface area contributed by atoms with Crippen molar-refractivity contribution in [3.63, 3.8) is 0 Å². The van der Waals surface area contributed by atoms with Crippen LogP contribution in [0.15, 0.2) is 24.3 Å². The van der Waals surface area contributed by atoms with Gasteiger partial charge in [-0.25, -0.2) is 12.4 Å². The molecule has 0 saturated heterocycles. The number of hydrogen-bond acceptors (Lipinski definition) is 4. The first-order chi connectivity index (χ1) is 10.6. The molecule has 0 aliphatic heterocycles. The summed E-state index contributed by atoms with van der Waals surface area (Å²) in [5.41, 5.74) is 2.08. The van der Waals surface area contributed by atoms with Crippen LogP contribution in [0.1, 0.15) is 32.0 Å². The van der Waals surface area contributed by atoms with E-state index in [2.05, 4.69) is 0 Å². The maximum atomic E-state index is 12.5. The van der Waals surface area contributed by atoms with E-state index in [1.807, 2.05) is 45.0 Å². The number of para-hydroxylation sites is 1. The van der Waals surface area contributed by atoms with Crippen LogP contribution >= 0.6 is 0 Å². The summed E-state index contributed by atoms with van der Waals surface area (Å²) in [6.45, 7) is 6.04. The van der Waals surface area contributed by atoms with Crippen LogP contribution in [0.4, 0.5) is 0 Å². The second-order valence-corrected chi connectivity index (χ2v) is 8.56. The molecule has 0 unspecified atom stereocenters. The van der Waals surface area contributed by atoms with Crippen molar-refractivity contribution in [3.05, 3.63) is 35.5 Å². The Bertz CT molecular complexity index is 796. The van der Waals surface area contributed by atoms with Gasteiger partial charge in [0.2, 0.25) is 10.0 Å². The Hall–Kier alpha value is -1.37. The summed E-state index contributed by atoms with van der Waals surface area (Å²) in [5.74, 6) is 0. The van der Waals surface area contributed by atoms with Crippen molar-refractivity contribution >= 4 is 20.9 Å². The molecule has 0 saturated carbocycles. The summed E-state index contributed by atoms with van der Waals surface area (Å²) in [5, 5.41) is 0.918. The fourth-order valence-corrected chi connectivity index (χ4v) is 4.25. The highest BCUT2D eigenvalue weighted by molar-refractivity contribution is 7.89. The zero-order chi connectivity index (χ0) is 17.4. The summed E-state index contributed by atoms with van der Waals surface area (Å²) in [7, 11) is -0.269. The van der Waals surface area contributed by atoms with Crippen LogP contribution in [0.3, 0.4) is 0 Å². The molecule has 0 bridgehead atoms. The lowest BCUT2D eigenvalue weighted by molar-refractivity contribution is -0.100. The van der Waals surface area contributed by atoms with Gasteiger partial charge in [0.25, 0.3) is 0 Å². The molecule has 128 valence electrons. The lowest BCUT2D eigenvalue weighted by atomic mass is 9.88. The molecule has 0 spiro atoms. The van der Waals surface area contributed by atoms with E-state index in [4.69, 9.17) is 9.47 Å². The number of benzene rings is 1. The quantitative estimate of drug-likeness (QED) is 0.786. The molecular formula is C17H25NO4S. The highest BCUT2D eigenvalue weighted by atomic mass is 32.2. The molecule has 0 N–H and O–H groups in total. The molecule has 1 aromatic carbocycles. The third-order valence-electron chi connectivity index (χ3n) is 3.88. The fraction of sp³-hybridized carbons (Fsp3) is 0.529. The van der Waals surface area contributed by atoms with E-state index in [1.165, 1.54) is 10.2 Å². The van der Waals surface area contributed by atoms with E-state index in [0.717, 1.165) is 16.6 Å². The maximum Gasteiger partial charge on any atom is 0.236 e. The van der Waals surface area contributed by atoms with Gasteiger partial charge in [0.15, 0.2) is 6.29 Å². The Kier molecular flexibility index (Phi) is 4.89. The van der Waals surface area contributed by atoms with Crippen molar-refractivity contribution in [3.8, 4) is 0 Å². The van der Waals surface area contributed by atoms with Gasteiger partial charge in [0, 0.05) is 37.1 Å². The highest BCUT2D eigenvalue weighted by Gasteiger charge is 2.31. The first-order valence-corrected chi connectivity index (χ1v) is 9.35. The van der Waals surface area contributed by atoms with E-state index in [-0.39, 0.29) is 5.41 Å². The molecule has 0 radical (unpaired) electrons. The number of rotatable bonds is 5. The van der Waals surface area contributed by atoms with Crippen molar-refractivity contribution in [2.45, 2.75) is 38.9 Å². The summed E-state index contributed by atoms with van der Waals surface area (Å²) in [6.07, 6.45) is 1.31. The smallest absolute Gasteiger partial charge is 0.236 e. The topological polar surface area (TPSA) is 57.5 Å². The van der Waals surface area contributed by atoms with Crippen LogP contribution in [0, 0.1) is 0 Å². The van der Waals surface area contributed by atoms with Gasteiger partial charge in [-0.05, 0) is 11.6 Å². The van der Waals surface area contributed by atoms with Gasteiger partial charge < -0.3 is 9.47 Å². The minimum atomic E-state index is -3.44. The van der Waals surface area contributed by atoms with Crippen LogP contribution in [0.2, 0.25) is 0 Å². The Labute approximate surface area is 138 Å². The van der Waals surface area contributed by atoms with Crippen LogP contribution < -0.4 is 0 Å². The van der Waals surface area contributed by atoms with Crippen LogP contribution in [-0.4, -0.2) is 39.2 Å². The van der Waals surface area contributed by atoms with E-state index >= 15 is 0 Å².